The number of hydrogen-bond donors (Lipinski definition) is 0. The molecule has 1 saturated heterocycles. The van der Waals surface area contributed by atoms with Crippen molar-refractivity contribution in [3.63, 3.8) is 0 Å². The molecular weight excluding hydrogens is 159 g/mol. The predicted molar refractivity (Wildman–Crippen MR) is 31.5 cm³/mol. The highest BCUT2D eigenvalue weighted by Gasteiger charge is 2.45. The first-order chi connectivity index (χ1) is 4.93. The molecule has 0 aromatic carbocycles. The zero-order chi connectivity index (χ0) is 8.65. The van der Waals surface area contributed by atoms with E-state index in [0.717, 1.165) is 0 Å². The van der Waals surface area contributed by atoms with Gasteiger partial charge in [0.1, 0.15) is 0 Å². The molecule has 11 heavy (non-hydrogen) atoms. The highest BCUT2D eigenvalue weighted by Crippen LogP contribution is 2.29. The Balaban J connectivity index is 2.70. The summed E-state index contributed by atoms with van der Waals surface area (Å²) in [7, 11) is 0. The molecule has 1 unspecified atom stereocenters. The molecule has 0 saturated carbocycles. The van der Waals surface area contributed by atoms with Crippen LogP contribution >= 0.6 is 0 Å². The van der Waals surface area contributed by atoms with E-state index in [2.05, 4.69) is 0 Å². The molecule has 1 atom stereocenters. The highest BCUT2D eigenvalue weighted by atomic mass is 19.4. The standard InChI is InChI=1S/C6H8F3NO/c1-4-2-3-10(5(4)11)6(7,8)9/h4H,2-3H2,1H3. The Kier molecular flexibility index (Phi) is 1.82. The topological polar surface area (TPSA) is 20.3 Å². The smallest absolute Gasteiger partial charge is 0.274 e. The number of nitrogens with zero attached hydrogens (tertiary/aromatic N) is 1. The maximum absolute atomic E-state index is 11.9. The Morgan fingerprint density at radius 2 is 2.09 bits per heavy atom. The SMILES string of the molecule is CC1CCN(C(F)(F)F)C1=O. The van der Waals surface area contributed by atoms with Gasteiger partial charge in [0.25, 0.3) is 0 Å². The summed E-state index contributed by atoms with van der Waals surface area (Å²) in [6.45, 7) is 1.32. The van der Waals surface area contributed by atoms with Gasteiger partial charge in [0.15, 0.2) is 0 Å². The maximum atomic E-state index is 11.9. The van der Waals surface area contributed by atoms with Crippen LogP contribution < -0.4 is 0 Å². The molecule has 0 aromatic heterocycles. The van der Waals surface area contributed by atoms with Crippen molar-refractivity contribution in [3.05, 3.63) is 0 Å². The first kappa shape index (κ1) is 8.36. The van der Waals surface area contributed by atoms with Crippen molar-refractivity contribution in [2.24, 2.45) is 5.92 Å². The molecule has 64 valence electrons. The van der Waals surface area contributed by atoms with E-state index in [1.807, 2.05) is 0 Å². The van der Waals surface area contributed by atoms with Gasteiger partial charge in [-0.1, -0.05) is 6.92 Å². The van der Waals surface area contributed by atoms with E-state index in [0.29, 0.717) is 6.42 Å². The summed E-state index contributed by atoms with van der Waals surface area (Å²) in [5.74, 6) is -1.28. The van der Waals surface area contributed by atoms with E-state index in [9.17, 15) is 18.0 Å². The second-order valence-corrected chi connectivity index (χ2v) is 2.65. The molecule has 1 amide bonds. The van der Waals surface area contributed by atoms with Crippen molar-refractivity contribution in [2.75, 3.05) is 6.54 Å². The normalized spacial score (nSPS) is 26.4. The van der Waals surface area contributed by atoms with Crippen molar-refractivity contribution in [1.29, 1.82) is 0 Å². The fraction of sp³-hybridized carbons (Fsp3) is 0.833. The number of halogens is 3. The fourth-order valence-corrected chi connectivity index (χ4v) is 1.07. The van der Waals surface area contributed by atoms with Crippen LogP contribution in [0.4, 0.5) is 13.2 Å². The lowest BCUT2D eigenvalue weighted by molar-refractivity contribution is -0.235. The van der Waals surface area contributed by atoms with E-state index in [4.69, 9.17) is 0 Å². The summed E-state index contributed by atoms with van der Waals surface area (Å²) < 4.78 is 35.7. The number of carbonyl (C=O) groups excluding carboxylic acids is 1. The number of alkyl halides is 3. The third-order valence-corrected chi connectivity index (χ3v) is 1.78. The molecule has 5 heteroatoms. The first-order valence-electron chi connectivity index (χ1n) is 3.31. The monoisotopic (exact) mass is 167 g/mol. The molecule has 0 N–H and O–H groups in total. The summed E-state index contributed by atoms with van der Waals surface area (Å²) in [4.78, 5) is 10.7. The predicted octanol–water partition coefficient (Wildman–Crippen LogP) is 1.37. The molecule has 0 aromatic rings. The molecule has 0 radical (unpaired) electrons. The Bertz CT molecular complexity index is 177. The van der Waals surface area contributed by atoms with Gasteiger partial charge in [-0.15, -0.1) is 13.2 Å². The van der Waals surface area contributed by atoms with Crippen LogP contribution in [0.5, 0.6) is 0 Å². The van der Waals surface area contributed by atoms with Gasteiger partial charge in [-0.2, -0.15) is 0 Å². The van der Waals surface area contributed by atoms with Crippen molar-refractivity contribution < 1.29 is 18.0 Å². The number of rotatable bonds is 0. The molecule has 2 nitrogen and oxygen atoms in total. The summed E-state index contributed by atoms with van der Waals surface area (Å²) in [6.07, 6.45) is -4.18. The van der Waals surface area contributed by atoms with Crippen LogP contribution in [-0.2, 0) is 4.79 Å². The zero-order valence-electron chi connectivity index (χ0n) is 5.98. The van der Waals surface area contributed by atoms with Gasteiger partial charge in [0.2, 0.25) is 5.91 Å². The molecule has 1 rings (SSSR count). The Labute approximate surface area is 62.0 Å². The lowest BCUT2D eigenvalue weighted by Gasteiger charge is -2.18. The molecular formula is C6H8F3NO. The minimum atomic E-state index is -4.48. The third kappa shape index (κ3) is 1.46. The van der Waals surface area contributed by atoms with Crippen LogP contribution in [0.3, 0.4) is 0 Å². The van der Waals surface area contributed by atoms with Crippen LogP contribution in [0.25, 0.3) is 0 Å². The highest BCUT2D eigenvalue weighted by molar-refractivity contribution is 5.80. The lowest BCUT2D eigenvalue weighted by atomic mass is 10.1. The largest absolute Gasteiger partial charge is 0.487 e. The average molecular weight is 167 g/mol. The summed E-state index contributed by atoms with van der Waals surface area (Å²) in [5, 5.41) is 0. The van der Waals surface area contributed by atoms with Crippen molar-refractivity contribution in [3.8, 4) is 0 Å². The van der Waals surface area contributed by atoms with Crippen molar-refractivity contribution in [2.45, 2.75) is 19.6 Å². The van der Waals surface area contributed by atoms with E-state index in [1.54, 1.807) is 0 Å². The van der Waals surface area contributed by atoms with E-state index in [1.165, 1.54) is 6.92 Å². The van der Waals surface area contributed by atoms with Crippen molar-refractivity contribution >= 4 is 5.91 Å². The van der Waals surface area contributed by atoms with Gasteiger partial charge in [-0.25, -0.2) is 0 Å². The van der Waals surface area contributed by atoms with Crippen LogP contribution in [0.1, 0.15) is 13.3 Å². The Morgan fingerprint density at radius 1 is 1.55 bits per heavy atom. The average Bonchev–Trinajstić information content (AvgIpc) is 2.11. The minimum absolute atomic E-state index is 0.0301. The maximum Gasteiger partial charge on any atom is 0.487 e. The molecule has 0 bridgehead atoms. The third-order valence-electron chi connectivity index (χ3n) is 1.78. The molecule has 0 aliphatic carbocycles. The number of hydrogen-bond acceptors (Lipinski definition) is 1. The van der Waals surface area contributed by atoms with E-state index >= 15 is 0 Å². The van der Waals surface area contributed by atoms with Gasteiger partial charge >= 0.3 is 6.30 Å². The van der Waals surface area contributed by atoms with Gasteiger partial charge < -0.3 is 0 Å². The van der Waals surface area contributed by atoms with Crippen LogP contribution in [0, 0.1) is 5.92 Å². The zero-order valence-corrected chi connectivity index (χ0v) is 5.98. The molecule has 0 spiro atoms. The van der Waals surface area contributed by atoms with Gasteiger partial charge in [0, 0.05) is 12.5 Å². The molecule has 1 aliphatic rings. The molecule has 1 aliphatic heterocycles. The van der Waals surface area contributed by atoms with Crippen LogP contribution in [-0.4, -0.2) is 23.7 Å². The van der Waals surface area contributed by atoms with Gasteiger partial charge in [0.05, 0.1) is 0 Å². The first-order valence-corrected chi connectivity index (χ1v) is 3.31. The van der Waals surface area contributed by atoms with Crippen LogP contribution in [0.2, 0.25) is 0 Å². The van der Waals surface area contributed by atoms with Crippen molar-refractivity contribution in [1.82, 2.24) is 4.90 Å². The second kappa shape index (κ2) is 2.39. The summed E-state index contributed by atoms with van der Waals surface area (Å²) in [5.41, 5.74) is 0. The summed E-state index contributed by atoms with van der Waals surface area (Å²) in [6, 6.07) is 0. The summed E-state index contributed by atoms with van der Waals surface area (Å²) >= 11 is 0. The van der Waals surface area contributed by atoms with Crippen LogP contribution in [0.15, 0.2) is 0 Å². The quantitative estimate of drug-likeness (QED) is 0.499. The van der Waals surface area contributed by atoms with Gasteiger partial charge in [-0.05, 0) is 6.42 Å². The number of carbonyl (C=O) groups is 1. The number of likely N-dealkylation sites (tertiary alicyclic amines) is 1. The molecule has 1 heterocycles. The van der Waals surface area contributed by atoms with Gasteiger partial charge in [-0.3, -0.25) is 9.69 Å². The minimum Gasteiger partial charge on any atom is -0.274 e. The van der Waals surface area contributed by atoms with E-state index < -0.39 is 18.1 Å². The fourth-order valence-electron chi connectivity index (χ4n) is 1.07. The number of amides is 1. The Morgan fingerprint density at radius 3 is 2.27 bits per heavy atom. The Hall–Kier alpha value is -0.740. The lowest BCUT2D eigenvalue weighted by Crippen LogP contribution is -2.39. The second-order valence-electron chi connectivity index (χ2n) is 2.65. The molecule has 1 fully saturated rings. The van der Waals surface area contributed by atoms with E-state index in [-0.39, 0.29) is 11.4 Å².